The van der Waals surface area contributed by atoms with E-state index in [-0.39, 0.29) is 0 Å². The van der Waals surface area contributed by atoms with Crippen LogP contribution in [0.5, 0.6) is 17.2 Å². The number of hydrogen-bond donors (Lipinski definition) is 1. The third-order valence-corrected chi connectivity index (χ3v) is 4.31. The van der Waals surface area contributed by atoms with E-state index in [4.69, 9.17) is 19.9 Å². The average Bonchev–Trinajstić information content (AvgIpc) is 2.74. The Labute approximate surface area is 166 Å². The maximum absolute atomic E-state index is 5.99. The minimum atomic E-state index is 0.430. The highest BCUT2D eigenvalue weighted by atomic mass is 16.5. The highest BCUT2D eigenvalue weighted by Gasteiger charge is 2.08. The first-order chi connectivity index (χ1) is 13.8. The molecule has 0 aliphatic heterocycles. The van der Waals surface area contributed by atoms with Gasteiger partial charge in [0.15, 0.2) is 11.5 Å². The molecule has 0 bridgehead atoms. The molecule has 0 saturated heterocycles. The first-order valence-electron chi connectivity index (χ1n) is 9.67. The lowest BCUT2D eigenvalue weighted by atomic mass is 10.1. The first-order valence-corrected chi connectivity index (χ1v) is 9.67. The number of rotatable bonds is 10. The van der Waals surface area contributed by atoms with Crippen LogP contribution in [-0.4, -0.2) is 26.4 Å². The molecule has 2 N–H and O–H groups in total. The van der Waals surface area contributed by atoms with E-state index in [9.17, 15) is 0 Å². The second kappa shape index (κ2) is 10.4. The van der Waals surface area contributed by atoms with Crippen LogP contribution in [0.1, 0.15) is 12.5 Å². The van der Waals surface area contributed by atoms with Crippen molar-refractivity contribution in [3.05, 3.63) is 78.4 Å². The molecule has 0 aliphatic rings. The molecule has 3 aromatic rings. The van der Waals surface area contributed by atoms with Gasteiger partial charge in [-0.05, 0) is 49.2 Å². The van der Waals surface area contributed by atoms with Crippen molar-refractivity contribution < 1.29 is 14.2 Å². The molecular formula is C24H27NO3. The van der Waals surface area contributed by atoms with E-state index in [2.05, 4.69) is 18.2 Å². The van der Waals surface area contributed by atoms with E-state index in [1.807, 2.05) is 61.5 Å². The van der Waals surface area contributed by atoms with Crippen LogP contribution in [-0.2, 0) is 6.42 Å². The van der Waals surface area contributed by atoms with Crippen LogP contribution in [0.3, 0.4) is 0 Å². The van der Waals surface area contributed by atoms with Gasteiger partial charge in [-0.1, -0.05) is 54.6 Å². The Morgan fingerprint density at radius 1 is 0.714 bits per heavy atom. The van der Waals surface area contributed by atoms with Crippen molar-refractivity contribution in [1.29, 1.82) is 0 Å². The zero-order valence-corrected chi connectivity index (χ0v) is 16.3. The molecule has 0 aromatic heterocycles. The summed E-state index contributed by atoms with van der Waals surface area (Å²) in [6.07, 6.45) is 0.819. The largest absolute Gasteiger partial charge is 0.490 e. The summed E-state index contributed by atoms with van der Waals surface area (Å²) in [7, 11) is 0. The summed E-state index contributed by atoms with van der Waals surface area (Å²) in [5.74, 6) is 2.32. The van der Waals surface area contributed by atoms with E-state index < -0.39 is 0 Å². The van der Waals surface area contributed by atoms with Gasteiger partial charge in [0.05, 0.1) is 6.61 Å². The second-order valence-corrected chi connectivity index (χ2v) is 6.31. The van der Waals surface area contributed by atoms with Gasteiger partial charge in [-0.15, -0.1) is 0 Å². The fourth-order valence-electron chi connectivity index (χ4n) is 3.01. The van der Waals surface area contributed by atoms with Gasteiger partial charge in [-0.3, -0.25) is 0 Å². The Balaban J connectivity index is 1.61. The second-order valence-electron chi connectivity index (χ2n) is 6.31. The highest BCUT2D eigenvalue weighted by Crippen LogP contribution is 2.30. The predicted octanol–water partition coefficient (Wildman–Crippen LogP) is 4.71. The third-order valence-electron chi connectivity index (χ3n) is 4.31. The van der Waals surface area contributed by atoms with E-state index in [1.165, 1.54) is 0 Å². The number of nitrogens with two attached hydrogens (primary N) is 1. The Morgan fingerprint density at radius 2 is 1.43 bits per heavy atom. The summed E-state index contributed by atoms with van der Waals surface area (Å²) in [6.45, 7) is 4.03. The van der Waals surface area contributed by atoms with Gasteiger partial charge in [-0.25, -0.2) is 0 Å². The lowest BCUT2D eigenvalue weighted by Crippen LogP contribution is -2.10. The molecule has 0 amide bonds. The van der Waals surface area contributed by atoms with Crippen molar-refractivity contribution in [2.24, 2.45) is 5.73 Å². The topological polar surface area (TPSA) is 53.7 Å². The number of para-hydroxylation sites is 1. The summed E-state index contributed by atoms with van der Waals surface area (Å²) in [6, 6.07) is 24.2. The Kier molecular flexibility index (Phi) is 7.33. The fourth-order valence-corrected chi connectivity index (χ4v) is 3.01. The quantitative estimate of drug-likeness (QED) is 0.520. The minimum Gasteiger partial charge on any atom is -0.490 e. The summed E-state index contributed by atoms with van der Waals surface area (Å²) in [4.78, 5) is 0. The lowest BCUT2D eigenvalue weighted by Gasteiger charge is -2.15. The van der Waals surface area contributed by atoms with E-state index >= 15 is 0 Å². The molecule has 3 rings (SSSR count). The lowest BCUT2D eigenvalue weighted by molar-refractivity contribution is 0.209. The third kappa shape index (κ3) is 5.27. The summed E-state index contributed by atoms with van der Waals surface area (Å²) in [5.41, 5.74) is 8.99. The van der Waals surface area contributed by atoms with Gasteiger partial charge in [0.2, 0.25) is 0 Å². The van der Waals surface area contributed by atoms with Crippen LogP contribution in [0, 0.1) is 0 Å². The maximum atomic E-state index is 5.99. The first kappa shape index (κ1) is 19.8. The Morgan fingerprint density at radius 3 is 2.18 bits per heavy atom. The molecule has 0 unspecified atom stereocenters. The smallest absolute Gasteiger partial charge is 0.161 e. The monoisotopic (exact) mass is 377 g/mol. The number of ether oxygens (including phenoxy) is 3. The number of hydrogen-bond acceptors (Lipinski definition) is 4. The van der Waals surface area contributed by atoms with E-state index in [0.29, 0.717) is 26.4 Å². The van der Waals surface area contributed by atoms with E-state index in [1.54, 1.807) is 0 Å². The maximum Gasteiger partial charge on any atom is 0.161 e. The standard InChI is InChI=1S/C24H27NO3/c1-2-26-24-18-19(14-15-25)12-13-23(24)28-17-16-27-22-11-7-6-10-21(22)20-8-4-3-5-9-20/h3-13,18H,2,14-17,25H2,1H3. The van der Waals surface area contributed by atoms with Gasteiger partial charge < -0.3 is 19.9 Å². The molecule has 0 radical (unpaired) electrons. The average molecular weight is 377 g/mol. The molecule has 4 nitrogen and oxygen atoms in total. The molecule has 0 spiro atoms. The van der Waals surface area contributed by atoms with E-state index in [0.717, 1.165) is 40.4 Å². The molecule has 3 aromatic carbocycles. The molecule has 0 saturated carbocycles. The zero-order chi connectivity index (χ0) is 19.6. The molecule has 0 fully saturated rings. The molecule has 28 heavy (non-hydrogen) atoms. The van der Waals surface area contributed by atoms with Crippen molar-refractivity contribution in [2.75, 3.05) is 26.4 Å². The Bertz CT molecular complexity index is 865. The predicted molar refractivity (Wildman–Crippen MR) is 113 cm³/mol. The Hall–Kier alpha value is -2.98. The van der Waals surface area contributed by atoms with Gasteiger partial charge in [0.1, 0.15) is 19.0 Å². The molecule has 146 valence electrons. The van der Waals surface area contributed by atoms with Gasteiger partial charge in [0, 0.05) is 5.56 Å². The zero-order valence-electron chi connectivity index (χ0n) is 16.3. The SMILES string of the molecule is CCOc1cc(CCN)ccc1OCCOc1ccccc1-c1ccccc1. The van der Waals surface area contributed by atoms with Gasteiger partial charge >= 0.3 is 0 Å². The van der Waals surface area contributed by atoms with Crippen LogP contribution in [0.15, 0.2) is 72.8 Å². The minimum absolute atomic E-state index is 0.430. The summed E-state index contributed by atoms with van der Waals surface area (Å²) in [5, 5.41) is 0. The number of benzene rings is 3. The summed E-state index contributed by atoms with van der Waals surface area (Å²) < 4.78 is 17.6. The molecular weight excluding hydrogens is 350 g/mol. The van der Waals surface area contributed by atoms with Crippen molar-refractivity contribution in [2.45, 2.75) is 13.3 Å². The summed E-state index contributed by atoms with van der Waals surface area (Å²) >= 11 is 0. The van der Waals surface area contributed by atoms with Crippen LogP contribution >= 0.6 is 0 Å². The molecule has 0 heterocycles. The van der Waals surface area contributed by atoms with Crippen molar-refractivity contribution in [3.63, 3.8) is 0 Å². The molecule has 4 heteroatoms. The van der Waals surface area contributed by atoms with Crippen LogP contribution in [0.2, 0.25) is 0 Å². The normalized spacial score (nSPS) is 10.5. The molecule has 0 atom stereocenters. The molecule has 0 aliphatic carbocycles. The van der Waals surface area contributed by atoms with Crippen molar-refractivity contribution >= 4 is 0 Å². The van der Waals surface area contributed by atoms with Crippen LogP contribution < -0.4 is 19.9 Å². The highest BCUT2D eigenvalue weighted by molar-refractivity contribution is 5.70. The van der Waals surface area contributed by atoms with Crippen LogP contribution in [0.25, 0.3) is 11.1 Å². The van der Waals surface area contributed by atoms with Gasteiger partial charge in [-0.2, -0.15) is 0 Å². The van der Waals surface area contributed by atoms with Gasteiger partial charge in [0.25, 0.3) is 0 Å². The van der Waals surface area contributed by atoms with Crippen LogP contribution in [0.4, 0.5) is 0 Å². The fraction of sp³-hybridized carbons (Fsp3) is 0.250. The van der Waals surface area contributed by atoms with Crippen molar-refractivity contribution in [3.8, 4) is 28.4 Å². The van der Waals surface area contributed by atoms with Crippen molar-refractivity contribution in [1.82, 2.24) is 0 Å².